The minimum atomic E-state index is -1.21. The second-order valence-corrected chi connectivity index (χ2v) is 5.62. The lowest BCUT2D eigenvalue weighted by Gasteiger charge is -2.26. The average Bonchev–Trinajstić information content (AvgIpc) is 2.52. The summed E-state index contributed by atoms with van der Waals surface area (Å²) in [5, 5.41) is 11.9. The number of rotatable bonds is 8. The molecule has 1 aromatic carbocycles. The van der Waals surface area contributed by atoms with E-state index in [-0.39, 0.29) is 18.2 Å². The van der Waals surface area contributed by atoms with Crippen molar-refractivity contribution in [1.82, 2.24) is 5.32 Å². The first-order chi connectivity index (χ1) is 10.4. The second kappa shape index (κ2) is 7.82. The fourth-order valence-corrected chi connectivity index (χ4v) is 2.25. The van der Waals surface area contributed by atoms with Crippen LogP contribution in [0.25, 0.3) is 0 Å². The van der Waals surface area contributed by atoms with E-state index in [1.807, 2.05) is 31.2 Å². The summed E-state index contributed by atoms with van der Waals surface area (Å²) >= 11 is 0. The van der Waals surface area contributed by atoms with Gasteiger partial charge < -0.3 is 15.2 Å². The van der Waals surface area contributed by atoms with Gasteiger partial charge in [0, 0.05) is 6.42 Å². The normalized spacial score (nSPS) is 14.7. The number of carboxylic acids is 1. The van der Waals surface area contributed by atoms with E-state index in [2.05, 4.69) is 5.32 Å². The van der Waals surface area contributed by atoms with Gasteiger partial charge in [0.15, 0.2) is 0 Å². The molecule has 2 N–H and O–H groups in total. The molecule has 0 aliphatic heterocycles. The SMILES string of the molecule is CCC(CC(=O)NC(C)(CC)C(=O)O)c1ccc(OC)cc1. The molecule has 1 rings (SSSR count). The van der Waals surface area contributed by atoms with Gasteiger partial charge in [-0.05, 0) is 43.4 Å². The van der Waals surface area contributed by atoms with Gasteiger partial charge in [-0.2, -0.15) is 0 Å². The molecule has 5 nitrogen and oxygen atoms in total. The zero-order valence-corrected chi connectivity index (χ0v) is 13.7. The van der Waals surface area contributed by atoms with Gasteiger partial charge in [0.05, 0.1) is 7.11 Å². The third-order valence-electron chi connectivity index (χ3n) is 4.11. The van der Waals surface area contributed by atoms with Crippen molar-refractivity contribution in [2.75, 3.05) is 7.11 Å². The van der Waals surface area contributed by atoms with E-state index in [1.165, 1.54) is 6.92 Å². The summed E-state index contributed by atoms with van der Waals surface area (Å²) in [6.07, 6.45) is 1.41. The molecule has 22 heavy (non-hydrogen) atoms. The summed E-state index contributed by atoms with van der Waals surface area (Å²) in [7, 11) is 1.61. The van der Waals surface area contributed by atoms with Gasteiger partial charge >= 0.3 is 5.97 Å². The molecule has 0 saturated carbocycles. The fraction of sp³-hybridized carbons (Fsp3) is 0.529. The van der Waals surface area contributed by atoms with Gasteiger partial charge in [0.25, 0.3) is 0 Å². The van der Waals surface area contributed by atoms with Crippen molar-refractivity contribution in [2.24, 2.45) is 0 Å². The maximum Gasteiger partial charge on any atom is 0.329 e. The Balaban J connectivity index is 2.76. The maximum absolute atomic E-state index is 12.2. The van der Waals surface area contributed by atoms with Gasteiger partial charge in [0.2, 0.25) is 5.91 Å². The zero-order valence-electron chi connectivity index (χ0n) is 13.7. The van der Waals surface area contributed by atoms with Crippen LogP contribution < -0.4 is 10.1 Å². The van der Waals surface area contributed by atoms with Crippen LogP contribution >= 0.6 is 0 Å². The van der Waals surface area contributed by atoms with Crippen molar-refractivity contribution in [3.63, 3.8) is 0 Å². The highest BCUT2D eigenvalue weighted by molar-refractivity contribution is 5.86. The van der Waals surface area contributed by atoms with Crippen molar-refractivity contribution in [3.8, 4) is 5.75 Å². The van der Waals surface area contributed by atoms with Crippen LogP contribution in [0.3, 0.4) is 0 Å². The van der Waals surface area contributed by atoms with Crippen LogP contribution in [0, 0.1) is 0 Å². The molecular formula is C17H25NO4. The fourth-order valence-electron chi connectivity index (χ4n) is 2.25. The van der Waals surface area contributed by atoms with E-state index < -0.39 is 11.5 Å². The molecule has 0 spiro atoms. The molecule has 0 aliphatic rings. The van der Waals surface area contributed by atoms with E-state index in [4.69, 9.17) is 4.74 Å². The lowest BCUT2D eigenvalue weighted by molar-refractivity contribution is -0.147. The Kier molecular flexibility index (Phi) is 6.40. The van der Waals surface area contributed by atoms with Crippen molar-refractivity contribution < 1.29 is 19.4 Å². The van der Waals surface area contributed by atoms with Gasteiger partial charge in [-0.15, -0.1) is 0 Å². The summed E-state index contributed by atoms with van der Waals surface area (Å²) in [4.78, 5) is 23.4. The Morgan fingerprint density at radius 2 is 1.86 bits per heavy atom. The van der Waals surface area contributed by atoms with E-state index in [0.29, 0.717) is 6.42 Å². The quantitative estimate of drug-likeness (QED) is 0.774. The molecule has 1 amide bonds. The minimum Gasteiger partial charge on any atom is -0.497 e. The minimum absolute atomic E-state index is 0.0563. The monoisotopic (exact) mass is 307 g/mol. The average molecular weight is 307 g/mol. The molecule has 0 bridgehead atoms. The van der Waals surface area contributed by atoms with E-state index >= 15 is 0 Å². The van der Waals surface area contributed by atoms with E-state index in [0.717, 1.165) is 17.7 Å². The molecule has 5 heteroatoms. The first-order valence-corrected chi connectivity index (χ1v) is 7.54. The molecule has 2 unspecified atom stereocenters. The number of methoxy groups -OCH3 is 1. The van der Waals surface area contributed by atoms with Crippen LogP contribution in [0.4, 0.5) is 0 Å². The van der Waals surface area contributed by atoms with Crippen LogP contribution in [0.2, 0.25) is 0 Å². The van der Waals surface area contributed by atoms with Crippen LogP contribution in [0.1, 0.15) is 51.5 Å². The number of hydrogen-bond acceptors (Lipinski definition) is 3. The highest BCUT2D eigenvalue weighted by Crippen LogP contribution is 2.25. The summed E-state index contributed by atoms with van der Waals surface area (Å²) in [6, 6.07) is 7.61. The number of carbonyl (C=O) groups excluding carboxylic acids is 1. The third kappa shape index (κ3) is 4.48. The van der Waals surface area contributed by atoms with Gasteiger partial charge in [-0.3, -0.25) is 4.79 Å². The van der Waals surface area contributed by atoms with Gasteiger partial charge in [0.1, 0.15) is 11.3 Å². The first-order valence-electron chi connectivity index (χ1n) is 7.54. The molecule has 1 aromatic rings. The number of benzene rings is 1. The number of carbonyl (C=O) groups is 2. The molecule has 0 aliphatic carbocycles. The van der Waals surface area contributed by atoms with Crippen molar-refractivity contribution in [2.45, 2.75) is 51.5 Å². The second-order valence-electron chi connectivity index (χ2n) is 5.62. The maximum atomic E-state index is 12.2. The van der Waals surface area contributed by atoms with Gasteiger partial charge in [-0.25, -0.2) is 4.79 Å². The molecular weight excluding hydrogens is 282 g/mol. The summed E-state index contributed by atoms with van der Waals surface area (Å²) in [6.45, 7) is 5.29. The van der Waals surface area contributed by atoms with E-state index in [1.54, 1.807) is 14.0 Å². The molecule has 0 heterocycles. The Morgan fingerprint density at radius 3 is 2.27 bits per heavy atom. The molecule has 0 saturated heterocycles. The summed E-state index contributed by atoms with van der Waals surface area (Å²) in [5.74, 6) is -0.427. The predicted molar refractivity (Wildman–Crippen MR) is 85.1 cm³/mol. The lowest BCUT2D eigenvalue weighted by atomic mass is 9.91. The summed E-state index contributed by atoms with van der Waals surface area (Å²) in [5.41, 5.74) is -0.165. The third-order valence-corrected chi connectivity index (χ3v) is 4.11. The van der Waals surface area contributed by atoms with Crippen molar-refractivity contribution in [3.05, 3.63) is 29.8 Å². The Morgan fingerprint density at radius 1 is 1.27 bits per heavy atom. The number of nitrogens with one attached hydrogen (secondary N) is 1. The predicted octanol–water partition coefficient (Wildman–Crippen LogP) is 2.95. The highest BCUT2D eigenvalue weighted by Gasteiger charge is 2.33. The molecule has 2 atom stereocenters. The number of hydrogen-bond donors (Lipinski definition) is 2. The molecule has 0 radical (unpaired) electrons. The van der Waals surface area contributed by atoms with Crippen LogP contribution in [-0.2, 0) is 9.59 Å². The smallest absolute Gasteiger partial charge is 0.329 e. The lowest BCUT2D eigenvalue weighted by Crippen LogP contribution is -2.51. The number of ether oxygens (including phenoxy) is 1. The Hall–Kier alpha value is -2.04. The summed E-state index contributed by atoms with van der Waals surface area (Å²) < 4.78 is 5.13. The van der Waals surface area contributed by atoms with Crippen LogP contribution in [0.5, 0.6) is 5.75 Å². The Labute approximate surface area is 131 Å². The molecule has 0 aromatic heterocycles. The van der Waals surface area contributed by atoms with E-state index in [9.17, 15) is 14.7 Å². The van der Waals surface area contributed by atoms with Crippen molar-refractivity contribution >= 4 is 11.9 Å². The van der Waals surface area contributed by atoms with Crippen LogP contribution in [0.15, 0.2) is 24.3 Å². The number of carboxylic acid groups (broad SMARTS) is 1. The molecule has 122 valence electrons. The number of amides is 1. The number of aliphatic carboxylic acids is 1. The topological polar surface area (TPSA) is 75.6 Å². The highest BCUT2D eigenvalue weighted by atomic mass is 16.5. The Bertz CT molecular complexity index is 512. The van der Waals surface area contributed by atoms with Crippen LogP contribution in [-0.4, -0.2) is 29.6 Å². The molecule has 0 fully saturated rings. The zero-order chi connectivity index (χ0) is 16.8. The van der Waals surface area contributed by atoms with Gasteiger partial charge in [-0.1, -0.05) is 26.0 Å². The standard InChI is InChI=1S/C17H25NO4/c1-5-12(13-7-9-14(22-4)10-8-13)11-15(19)18-17(3,6-2)16(20)21/h7-10,12H,5-6,11H2,1-4H3,(H,18,19)(H,20,21). The largest absolute Gasteiger partial charge is 0.497 e. The first kappa shape index (κ1) is 18.0. The van der Waals surface area contributed by atoms with Crippen molar-refractivity contribution in [1.29, 1.82) is 0 Å².